The molecule has 0 unspecified atom stereocenters. The van der Waals surface area contributed by atoms with Crippen molar-refractivity contribution in [1.29, 1.82) is 0 Å². The van der Waals surface area contributed by atoms with E-state index in [1.807, 2.05) is 27.7 Å². The summed E-state index contributed by atoms with van der Waals surface area (Å²) in [5.41, 5.74) is -0.899. The van der Waals surface area contributed by atoms with Crippen molar-refractivity contribution in [3.05, 3.63) is 21.6 Å². The minimum atomic E-state index is -0.832. The van der Waals surface area contributed by atoms with Crippen LogP contribution in [-0.4, -0.2) is 23.3 Å². The van der Waals surface area contributed by atoms with E-state index in [0.29, 0.717) is 0 Å². The zero-order valence-electron chi connectivity index (χ0n) is 10.6. The van der Waals surface area contributed by atoms with Crippen molar-refractivity contribution >= 4 is 40.1 Å². The van der Waals surface area contributed by atoms with Gasteiger partial charge in [0, 0.05) is 11.7 Å². The van der Waals surface area contributed by atoms with Crippen LogP contribution >= 0.6 is 27.5 Å². The molecule has 98 valence electrons. The first kappa shape index (κ1) is 14.2. The summed E-state index contributed by atoms with van der Waals surface area (Å²) in [7, 11) is -0.832. The molecule has 0 N–H and O–H groups in total. The summed E-state index contributed by atoms with van der Waals surface area (Å²) < 4.78 is 25.7. The summed E-state index contributed by atoms with van der Waals surface area (Å²) >= 11 is 9.01. The number of aromatic nitrogens is 1. The molecule has 0 aliphatic carbocycles. The van der Waals surface area contributed by atoms with Gasteiger partial charge in [0.2, 0.25) is 0 Å². The molecule has 18 heavy (non-hydrogen) atoms. The highest BCUT2D eigenvalue weighted by Gasteiger charge is 2.53. The Labute approximate surface area is 119 Å². The molecule has 1 aromatic heterocycles. The fraction of sp³-hybridized carbons (Fsp3) is 0.545. The monoisotopic (exact) mass is 335 g/mol. The molecule has 0 spiro atoms. The smallest absolute Gasteiger partial charge is 0.399 e. The van der Waals surface area contributed by atoms with Crippen molar-refractivity contribution in [2.75, 3.05) is 0 Å². The molecule has 0 saturated carbocycles. The van der Waals surface area contributed by atoms with Crippen LogP contribution in [0.5, 0.6) is 0 Å². The van der Waals surface area contributed by atoms with Gasteiger partial charge in [0.15, 0.2) is 5.82 Å². The van der Waals surface area contributed by atoms with E-state index >= 15 is 0 Å². The predicted octanol–water partition coefficient (Wildman–Crippen LogP) is 2.94. The molecule has 2 heterocycles. The summed E-state index contributed by atoms with van der Waals surface area (Å²) in [6.07, 6.45) is 1.37. The first-order chi connectivity index (χ1) is 8.16. The topological polar surface area (TPSA) is 31.4 Å². The third kappa shape index (κ3) is 2.20. The van der Waals surface area contributed by atoms with E-state index in [1.165, 1.54) is 6.20 Å². The van der Waals surface area contributed by atoms with Crippen LogP contribution in [-0.2, 0) is 9.31 Å². The van der Waals surface area contributed by atoms with Gasteiger partial charge in [-0.3, -0.25) is 0 Å². The minimum Gasteiger partial charge on any atom is -0.399 e. The van der Waals surface area contributed by atoms with E-state index < -0.39 is 24.1 Å². The quantitative estimate of drug-likeness (QED) is 0.584. The third-order valence-electron chi connectivity index (χ3n) is 3.46. The molecule has 3 nitrogen and oxygen atoms in total. The Balaban J connectivity index is 2.44. The van der Waals surface area contributed by atoms with Gasteiger partial charge >= 0.3 is 7.12 Å². The molecule has 1 saturated heterocycles. The second kappa shape index (κ2) is 4.44. The summed E-state index contributed by atoms with van der Waals surface area (Å²) in [5, 5.41) is 0.189. The van der Waals surface area contributed by atoms with E-state index in [-0.39, 0.29) is 15.1 Å². The lowest BCUT2D eigenvalue weighted by atomic mass is 9.79. The maximum Gasteiger partial charge on any atom is 0.499 e. The molecule has 7 heteroatoms. The molecule has 1 aliphatic heterocycles. The molecule has 0 radical (unpaired) electrons. The highest BCUT2D eigenvalue weighted by molar-refractivity contribution is 9.10. The van der Waals surface area contributed by atoms with Gasteiger partial charge in [-0.15, -0.1) is 0 Å². The number of halogens is 3. The van der Waals surface area contributed by atoms with Crippen LogP contribution in [0.1, 0.15) is 27.7 Å². The second-order valence-corrected chi connectivity index (χ2v) is 6.37. The lowest BCUT2D eigenvalue weighted by molar-refractivity contribution is 0.00578. The van der Waals surface area contributed by atoms with E-state index in [2.05, 4.69) is 20.9 Å². The van der Waals surface area contributed by atoms with Crippen molar-refractivity contribution in [3.63, 3.8) is 0 Å². The van der Waals surface area contributed by atoms with Crippen molar-refractivity contribution < 1.29 is 13.7 Å². The van der Waals surface area contributed by atoms with Crippen LogP contribution in [0, 0.1) is 5.82 Å². The van der Waals surface area contributed by atoms with Gasteiger partial charge in [-0.05, 0) is 43.6 Å². The summed E-state index contributed by atoms with van der Waals surface area (Å²) in [6.45, 7) is 7.59. The molecule has 1 fully saturated rings. The number of hydrogen-bond acceptors (Lipinski definition) is 3. The third-order valence-corrected chi connectivity index (χ3v) is 4.31. The standard InChI is InChI=1S/C11H13BBrClFNO2/c1-10(2)11(3,4)18-12(17-10)7-6(14)5-16-9(13)8(7)15/h5H,1-4H3. The average Bonchev–Trinajstić information content (AvgIpc) is 2.43. The minimum absolute atomic E-state index is 0.0941. The van der Waals surface area contributed by atoms with Gasteiger partial charge in [-0.25, -0.2) is 9.37 Å². The van der Waals surface area contributed by atoms with Gasteiger partial charge in [0.25, 0.3) is 0 Å². The Bertz CT molecular complexity index is 482. The zero-order valence-corrected chi connectivity index (χ0v) is 12.9. The van der Waals surface area contributed by atoms with Crippen LogP contribution in [0.15, 0.2) is 10.8 Å². The normalized spacial score (nSPS) is 21.4. The lowest BCUT2D eigenvalue weighted by Crippen LogP contribution is -2.41. The number of rotatable bonds is 1. The Morgan fingerprint density at radius 2 is 1.78 bits per heavy atom. The molecule has 2 rings (SSSR count). The SMILES string of the molecule is CC1(C)OB(c2c(Cl)cnc(Br)c2F)OC1(C)C. The average molecular weight is 336 g/mol. The molecule has 0 atom stereocenters. The van der Waals surface area contributed by atoms with Crippen LogP contribution in [0.4, 0.5) is 4.39 Å². The van der Waals surface area contributed by atoms with Crippen LogP contribution < -0.4 is 5.46 Å². The number of hydrogen-bond donors (Lipinski definition) is 0. The molecule has 1 aromatic rings. The largest absolute Gasteiger partial charge is 0.499 e. The fourth-order valence-electron chi connectivity index (χ4n) is 1.63. The fourth-order valence-corrected chi connectivity index (χ4v) is 2.17. The lowest BCUT2D eigenvalue weighted by Gasteiger charge is -2.32. The zero-order chi connectivity index (χ0) is 13.7. The molecular weight excluding hydrogens is 323 g/mol. The number of pyridine rings is 1. The molecule has 0 aromatic carbocycles. The van der Waals surface area contributed by atoms with Crippen LogP contribution in [0.2, 0.25) is 5.02 Å². The summed E-state index contributed by atoms with van der Waals surface area (Å²) in [6, 6.07) is 0. The van der Waals surface area contributed by atoms with Crippen LogP contribution in [0.3, 0.4) is 0 Å². The van der Waals surface area contributed by atoms with E-state index in [0.717, 1.165) is 0 Å². The Morgan fingerprint density at radius 1 is 1.28 bits per heavy atom. The highest BCUT2D eigenvalue weighted by Crippen LogP contribution is 2.37. The van der Waals surface area contributed by atoms with E-state index in [4.69, 9.17) is 20.9 Å². The summed E-state index contributed by atoms with van der Waals surface area (Å²) in [4.78, 5) is 3.78. The first-order valence-electron chi connectivity index (χ1n) is 5.51. The van der Waals surface area contributed by atoms with Gasteiger partial charge < -0.3 is 9.31 Å². The molecule has 0 bridgehead atoms. The molecular formula is C11H13BBrClFNO2. The molecule has 1 aliphatic rings. The van der Waals surface area contributed by atoms with Gasteiger partial charge in [0.05, 0.1) is 16.2 Å². The van der Waals surface area contributed by atoms with Gasteiger partial charge in [-0.2, -0.15) is 0 Å². The number of nitrogens with zero attached hydrogens (tertiary/aromatic N) is 1. The first-order valence-corrected chi connectivity index (χ1v) is 6.68. The van der Waals surface area contributed by atoms with Gasteiger partial charge in [0.1, 0.15) is 4.60 Å². The van der Waals surface area contributed by atoms with Crippen molar-refractivity contribution in [2.24, 2.45) is 0 Å². The van der Waals surface area contributed by atoms with Gasteiger partial charge in [-0.1, -0.05) is 11.6 Å². The summed E-state index contributed by atoms with van der Waals surface area (Å²) in [5.74, 6) is -0.555. The Morgan fingerprint density at radius 3 is 2.28 bits per heavy atom. The van der Waals surface area contributed by atoms with Crippen molar-refractivity contribution in [1.82, 2.24) is 4.98 Å². The van der Waals surface area contributed by atoms with Crippen LogP contribution in [0.25, 0.3) is 0 Å². The molecule has 0 amide bonds. The van der Waals surface area contributed by atoms with Crippen molar-refractivity contribution in [3.8, 4) is 0 Å². The maximum atomic E-state index is 14.1. The maximum absolute atomic E-state index is 14.1. The highest BCUT2D eigenvalue weighted by atomic mass is 79.9. The Hall–Kier alpha value is -0.165. The van der Waals surface area contributed by atoms with Crippen molar-refractivity contribution in [2.45, 2.75) is 38.9 Å². The van der Waals surface area contributed by atoms with E-state index in [9.17, 15) is 4.39 Å². The Kier molecular flexibility index (Phi) is 3.51. The van der Waals surface area contributed by atoms with E-state index in [1.54, 1.807) is 0 Å². The second-order valence-electron chi connectivity index (χ2n) is 5.21. The predicted molar refractivity (Wildman–Crippen MR) is 72.6 cm³/mol.